The fourth-order valence-corrected chi connectivity index (χ4v) is 13.9. The molecule has 0 aliphatic heterocycles. The number of thiophene rings is 1. The molecule has 0 atom stereocenters. The van der Waals surface area contributed by atoms with Crippen LogP contribution in [0.1, 0.15) is 31.8 Å². The van der Waals surface area contributed by atoms with Crippen LogP contribution in [-0.2, 0) is 5.41 Å². The smallest absolute Gasteiger partial charge is 0.166 e. The summed E-state index contributed by atoms with van der Waals surface area (Å²) in [6.07, 6.45) is 0. The van der Waals surface area contributed by atoms with Gasteiger partial charge >= 0.3 is 0 Å². The number of hydrogen-bond donors (Lipinski definition) is 0. The maximum absolute atomic E-state index is 9.20. The summed E-state index contributed by atoms with van der Waals surface area (Å²) < 4.78 is 51.4. The van der Waals surface area contributed by atoms with Gasteiger partial charge in [0.1, 0.15) is 0 Å². The average molecular weight is 1100 g/mol. The molecule has 84 heavy (non-hydrogen) atoms. The summed E-state index contributed by atoms with van der Waals surface area (Å²) in [6.45, 7) is 4.64. The zero-order valence-electron chi connectivity index (χ0n) is 50.3. The minimum atomic E-state index is -0.513. The highest BCUT2D eigenvalue weighted by Crippen LogP contribution is 2.50. The Morgan fingerprint density at radius 1 is 0.357 bits per heavy atom. The lowest BCUT2D eigenvalue weighted by atomic mass is 9.82. The maximum atomic E-state index is 9.20. The minimum absolute atomic E-state index is 0.0709. The lowest BCUT2D eigenvalue weighted by Crippen LogP contribution is -2.15. The third-order valence-corrected chi connectivity index (χ3v) is 17.9. The van der Waals surface area contributed by atoms with E-state index in [2.05, 4.69) is 156 Å². The van der Waals surface area contributed by atoms with E-state index in [1.807, 2.05) is 91.0 Å². The fourth-order valence-electron chi connectivity index (χ4n) is 12.8. The van der Waals surface area contributed by atoms with Crippen LogP contribution in [0.4, 0.5) is 0 Å². The van der Waals surface area contributed by atoms with Crippen molar-refractivity contribution in [3.05, 3.63) is 266 Å². The minimum Gasteiger partial charge on any atom is -0.309 e. The summed E-state index contributed by atoms with van der Waals surface area (Å²) in [5, 5.41) is 6.37. The number of hydrogen-bond acceptors (Lipinski definition) is 7. The number of fused-ring (bicyclic) bond motifs is 13. The zero-order chi connectivity index (χ0) is 60.0. The van der Waals surface area contributed by atoms with Gasteiger partial charge in [0.2, 0.25) is 0 Å². The van der Waals surface area contributed by atoms with Crippen molar-refractivity contribution < 1.29 is 6.85 Å². The van der Waals surface area contributed by atoms with E-state index >= 15 is 0 Å². The topological polar surface area (TPSA) is 87.2 Å². The van der Waals surface area contributed by atoms with Crippen molar-refractivity contribution in [2.24, 2.45) is 0 Å². The van der Waals surface area contributed by atoms with Gasteiger partial charge in [0.05, 0.1) is 34.6 Å². The highest BCUT2D eigenvalue weighted by molar-refractivity contribution is 7.25. The van der Waals surface area contributed by atoms with E-state index in [4.69, 9.17) is 34.0 Å². The summed E-state index contributed by atoms with van der Waals surface area (Å²) >= 11 is 1.69. The monoisotopic (exact) mass is 1100 g/mol. The average Bonchev–Trinajstić information content (AvgIpc) is 1.60. The van der Waals surface area contributed by atoms with E-state index in [0.29, 0.717) is 34.2 Å². The molecular formula is C75H48N8S. The van der Waals surface area contributed by atoms with Crippen LogP contribution >= 0.6 is 11.3 Å². The second kappa shape index (κ2) is 18.7. The number of benzene rings is 11. The Balaban J connectivity index is 0.960. The first kappa shape index (κ1) is 43.1. The van der Waals surface area contributed by atoms with E-state index in [1.54, 1.807) is 11.3 Å². The van der Waals surface area contributed by atoms with Crippen LogP contribution in [0.25, 0.3) is 155 Å². The first-order chi connectivity index (χ1) is 43.5. The summed E-state index contributed by atoms with van der Waals surface area (Å²) in [5.74, 6) is 1.72. The third kappa shape index (κ3) is 7.45. The lowest BCUT2D eigenvalue weighted by molar-refractivity contribution is 0.660. The Hall–Kier alpha value is -10.7. The molecule has 0 amide bonds. The van der Waals surface area contributed by atoms with Crippen LogP contribution in [0.15, 0.2) is 255 Å². The zero-order valence-corrected chi connectivity index (χ0v) is 46.2. The van der Waals surface area contributed by atoms with Crippen molar-refractivity contribution in [3.63, 3.8) is 0 Å². The quantitative estimate of drug-likeness (QED) is 0.151. The van der Waals surface area contributed by atoms with Gasteiger partial charge in [0.15, 0.2) is 34.9 Å². The number of rotatable bonds is 8. The lowest BCUT2D eigenvalue weighted by Gasteiger charge is -2.22. The fraction of sp³-hybridized carbons (Fsp3) is 0.0400. The molecule has 0 saturated heterocycles. The van der Waals surface area contributed by atoms with Gasteiger partial charge in [-0.05, 0) is 95.1 Å². The van der Waals surface area contributed by atoms with Crippen molar-refractivity contribution in [3.8, 4) is 90.8 Å². The highest BCUT2D eigenvalue weighted by atomic mass is 32.1. The molecule has 0 N–H and O–H groups in total. The summed E-state index contributed by atoms with van der Waals surface area (Å²) in [6, 6.07) is 75.2. The van der Waals surface area contributed by atoms with Gasteiger partial charge in [-0.1, -0.05) is 196 Å². The molecule has 0 bridgehead atoms. The van der Waals surface area contributed by atoms with Crippen molar-refractivity contribution in [2.45, 2.75) is 19.3 Å². The molecule has 5 heterocycles. The largest absolute Gasteiger partial charge is 0.309 e. The van der Waals surface area contributed by atoms with Gasteiger partial charge in [-0.2, -0.15) is 0 Å². The molecular weight excluding hydrogens is 1040 g/mol. The number of para-hydroxylation sites is 2. The van der Waals surface area contributed by atoms with Gasteiger partial charge in [-0.25, -0.2) is 29.9 Å². The molecule has 11 aromatic carbocycles. The molecule has 1 aliphatic rings. The van der Waals surface area contributed by atoms with Crippen LogP contribution in [0.5, 0.6) is 0 Å². The van der Waals surface area contributed by atoms with Crippen LogP contribution in [0, 0.1) is 0 Å². The van der Waals surface area contributed by atoms with E-state index < -0.39 is 30.2 Å². The van der Waals surface area contributed by atoms with Gasteiger partial charge in [-0.15, -0.1) is 11.3 Å². The molecule has 0 spiro atoms. The molecule has 0 saturated carbocycles. The first-order valence-electron chi connectivity index (χ1n) is 30.4. The third-order valence-electron chi connectivity index (χ3n) is 16.7. The van der Waals surface area contributed by atoms with E-state index in [9.17, 15) is 2.74 Å². The Morgan fingerprint density at radius 2 is 0.917 bits per heavy atom. The Kier molecular flexibility index (Phi) is 9.56. The first-order valence-corrected chi connectivity index (χ1v) is 28.8. The van der Waals surface area contributed by atoms with E-state index in [0.717, 1.165) is 86.3 Å². The predicted octanol–water partition coefficient (Wildman–Crippen LogP) is 18.9. The van der Waals surface area contributed by atoms with Crippen molar-refractivity contribution in [1.29, 1.82) is 0 Å². The molecule has 1 aliphatic carbocycles. The molecule has 0 radical (unpaired) electrons. The Morgan fingerprint density at radius 3 is 1.65 bits per heavy atom. The van der Waals surface area contributed by atoms with Crippen molar-refractivity contribution >= 4 is 75.1 Å². The van der Waals surface area contributed by atoms with Gasteiger partial charge in [-0.3, -0.25) is 0 Å². The van der Waals surface area contributed by atoms with Crippen LogP contribution in [0.3, 0.4) is 0 Å². The molecule has 5 aromatic heterocycles. The highest BCUT2D eigenvalue weighted by Gasteiger charge is 2.36. The Labute approximate surface area is 494 Å². The van der Waals surface area contributed by atoms with Crippen LogP contribution in [0.2, 0.25) is 0 Å². The second-order valence-corrected chi connectivity index (χ2v) is 22.9. The summed E-state index contributed by atoms with van der Waals surface area (Å²) in [7, 11) is 0. The summed E-state index contributed by atoms with van der Waals surface area (Å²) in [5.41, 5.74) is 14.1. The standard InChI is InChI=1S/C75H48N8S/c1-75(2)59-30-16-12-26-51(59)52-37-36-50(44-60(52)75)82-62-32-18-14-29-56(62)67-64(82)40-38-55-53-27-13-17-31-61(53)83(68(55)67)63-39-34-48(43-58(63)74-80-70(46-22-8-4-9-23-46)76-71(81-74)47-24-10-5-11-25-47)72-77-69(45-20-6-3-7-21-45)78-73(79-72)49-35-41-66-57(42-49)54-28-15-19-33-65(54)84-66/h3-44H,1-2H3/i3D,6D,7D,20D,21D. The molecule has 0 fully saturated rings. The molecule has 17 rings (SSSR count). The second-order valence-electron chi connectivity index (χ2n) is 21.8. The molecule has 0 unspecified atom stereocenters. The van der Waals surface area contributed by atoms with E-state index in [-0.39, 0.29) is 28.5 Å². The SMILES string of the molecule is [2H]c1c([2H])c([2H])c(-c2nc(-c3ccc(-n4c5ccccc5c5ccc6c(c7ccccc7n6-c6ccc7c(c6)C(C)(C)c6ccccc6-7)c54)c(-c4nc(-c5ccccc5)nc(-c5ccccc5)n4)c3)nc(-c3ccc4sc5ccccc5c4c3)n2)c([2H])c1[2H]. The van der Waals surface area contributed by atoms with E-state index in [1.165, 1.54) is 22.3 Å². The Bertz CT molecular complexity index is 5590. The van der Waals surface area contributed by atoms with Gasteiger partial charge in [0.25, 0.3) is 0 Å². The number of aromatic nitrogens is 8. The van der Waals surface area contributed by atoms with Crippen molar-refractivity contribution in [1.82, 2.24) is 39.0 Å². The molecule has 8 nitrogen and oxygen atoms in total. The normalized spacial score (nSPS) is 13.6. The molecule has 9 heteroatoms. The number of nitrogens with zero attached hydrogens (tertiary/aromatic N) is 8. The summed E-state index contributed by atoms with van der Waals surface area (Å²) in [4.78, 5) is 31.3. The molecule has 16 aromatic rings. The van der Waals surface area contributed by atoms with Crippen molar-refractivity contribution in [2.75, 3.05) is 0 Å². The predicted molar refractivity (Wildman–Crippen MR) is 345 cm³/mol. The van der Waals surface area contributed by atoms with Gasteiger partial charge in [0, 0.05) is 86.2 Å². The molecule has 394 valence electrons. The van der Waals surface area contributed by atoms with Crippen LogP contribution < -0.4 is 0 Å². The van der Waals surface area contributed by atoms with Gasteiger partial charge < -0.3 is 9.13 Å². The maximum Gasteiger partial charge on any atom is 0.166 e. The van der Waals surface area contributed by atoms with Crippen LogP contribution in [-0.4, -0.2) is 39.0 Å².